The lowest BCUT2D eigenvalue weighted by Crippen LogP contribution is -2.37. The zero-order valence-electron chi connectivity index (χ0n) is 9.00. The minimum atomic E-state index is -4.41. The first-order valence-corrected chi connectivity index (χ1v) is 5.14. The van der Waals surface area contributed by atoms with Crippen LogP contribution in [0.5, 0.6) is 0 Å². The van der Waals surface area contributed by atoms with E-state index in [0.717, 1.165) is 12.3 Å². The normalized spacial score (nSPS) is 17.2. The Kier molecular flexibility index (Phi) is 3.10. The Bertz CT molecular complexity index is 402. The third-order valence-corrected chi connectivity index (χ3v) is 2.53. The van der Waals surface area contributed by atoms with Crippen LogP contribution in [0.25, 0.3) is 0 Å². The molecule has 1 aromatic heterocycles. The van der Waals surface area contributed by atoms with Gasteiger partial charge in [0.2, 0.25) is 0 Å². The number of pyridine rings is 1. The van der Waals surface area contributed by atoms with Crippen LogP contribution in [0.3, 0.4) is 0 Å². The molecular weight excluding hydrogens is 235 g/mol. The molecule has 1 aromatic rings. The minimum Gasteiger partial charge on any atom is -0.396 e. The lowest BCUT2D eigenvalue weighted by atomic mass is 10.2. The number of nitrogens with zero attached hydrogens (tertiary/aromatic N) is 2. The molecule has 1 fully saturated rings. The lowest BCUT2D eigenvalue weighted by Gasteiger charge is -2.28. The van der Waals surface area contributed by atoms with Crippen LogP contribution in [0.1, 0.15) is 5.56 Å². The number of rotatable bonds is 1. The monoisotopic (exact) mass is 247 g/mol. The molecule has 0 aliphatic carbocycles. The van der Waals surface area contributed by atoms with Gasteiger partial charge in [-0.05, 0) is 6.07 Å². The van der Waals surface area contributed by atoms with Crippen LogP contribution in [-0.2, 0) is 10.9 Å². The topological polar surface area (TPSA) is 51.4 Å². The van der Waals surface area contributed by atoms with Crippen LogP contribution < -0.4 is 10.6 Å². The fraction of sp³-hybridized carbons (Fsp3) is 0.500. The molecule has 17 heavy (non-hydrogen) atoms. The van der Waals surface area contributed by atoms with Gasteiger partial charge >= 0.3 is 6.18 Å². The second-order valence-corrected chi connectivity index (χ2v) is 3.73. The van der Waals surface area contributed by atoms with Gasteiger partial charge in [-0.2, -0.15) is 13.2 Å². The first-order chi connectivity index (χ1) is 7.98. The fourth-order valence-corrected chi connectivity index (χ4v) is 1.67. The molecule has 0 bridgehead atoms. The molecule has 0 atom stereocenters. The Morgan fingerprint density at radius 1 is 1.29 bits per heavy atom. The molecule has 94 valence electrons. The summed E-state index contributed by atoms with van der Waals surface area (Å²) in [4.78, 5) is 5.61. The van der Waals surface area contributed by atoms with Gasteiger partial charge in [0, 0.05) is 19.3 Å². The number of ether oxygens (including phenoxy) is 1. The molecule has 2 rings (SSSR count). The van der Waals surface area contributed by atoms with E-state index < -0.39 is 11.7 Å². The van der Waals surface area contributed by atoms with Gasteiger partial charge in [-0.1, -0.05) is 0 Å². The lowest BCUT2D eigenvalue weighted by molar-refractivity contribution is -0.137. The molecule has 2 N–H and O–H groups in total. The summed E-state index contributed by atoms with van der Waals surface area (Å²) in [7, 11) is 0. The van der Waals surface area contributed by atoms with Crippen LogP contribution in [0, 0.1) is 0 Å². The molecule has 0 amide bonds. The van der Waals surface area contributed by atoms with E-state index in [9.17, 15) is 13.2 Å². The van der Waals surface area contributed by atoms with Crippen LogP contribution in [0.15, 0.2) is 12.3 Å². The molecule has 0 unspecified atom stereocenters. The minimum absolute atomic E-state index is 0.0433. The maximum absolute atomic E-state index is 12.4. The molecule has 1 saturated heterocycles. The van der Waals surface area contributed by atoms with Crippen molar-refractivity contribution < 1.29 is 17.9 Å². The molecule has 1 aliphatic rings. The maximum atomic E-state index is 12.4. The summed E-state index contributed by atoms with van der Waals surface area (Å²) in [6, 6.07) is 0.914. The number of halogens is 3. The zero-order valence-corrected chi connectivity index (χ0v) is 9.00. The second-order valence-electron chi connectivity index (χ2n) is 3.73. The first kappa shape index (κ1) is 12.0. The molecule has 2 heterocycles. The summed E-state index contributed by atoms with van der Waals surface area (Å²) in [5.41, 5.74) is 4.82. The average Bonchev–Trinajstić information content (AvgIpc) is 2.29. The van der Waals surface area contributed by atoms with Crippen molar-refractivity contribution in [1.29, 1.82) is 0 Å². The van der Waals surface area contributed by atoms with Crippen LogP contribution in [0.2, 0.25) is 0 Å². The highest BCUT2D eigenvalue weighted by atomic mass is 19.4. The van der Waals surface area contributed by atoms with Crippen molar-refractivity contribution in [1.82, 2.24) is 4.98 Å². The number of anilines is 2. The van der Waals surface area contributed by atoms with Crippen LogP contribution in [-0.4, -0.2) is 31.3 Å². The molecule has 1 aliphatic heterocycles. The SMILES string of the molecule is Nc1cc(C(F)(F)F)cnc1N1CCOCC1. The number of aromatic nitrogens is 1. The summed E-state index contributed by atoms with van der Waals surface area (Å²) in [5.74, 6) is 0.390. The van der Waals surface area contributed by atoms with E-state index in [1.807, 2.05) is 4.90 Å². The number of nitrogen functional groups attached to an aromatic ring is 1. The van der Waals surface area contributed by atoms with Crippen molar-refractivity contribution in [2.75, 3.05) is 36.9 Å². The molecule has 0 aromatic carbocycles. The summed E-state index contributed by atoms with van der Waals surface area (Å²) in [6.45, 7) is 2.23. The quantitative estimate of drug-likeness (QED) is 0.817. The molecule has 0 saturated carbocycles. The van der Waals surface area contributed by atoms with Gasteiger partial charge in [-0.3, -0.25) is 0 Å². The average molecular weight is 247 g/mol. The molecular formula is C10H12F3N3O. The predicted octanol–water partition coefficient (Wildman–Crippen LogP) is 1.52. The Balaban J connectivity index is 2.25. The summed E-state index contributed by atoms with van der Waals surface area (Å²) < 4.78 is 42.4. The Labute approximate surface area is 96.2 Å². The summed E-state index contributed by atoms with van der Waals surface area (Å²) in [6.07, 6.45) is -3.61. The number of morpholine rings is 1. The van der Waals surface area contributed by atoms with Crippen molar-refractivity contribution in [2.24, 2.45) is 0 Å². The van der Waals surface area contributed by atoms with Gasteiger partial charge in [0.15, 0.2) is 5.82 Å². The van der Waals surface area contributed by atoms with E-state index in [1.165, 1.54) is 0 Å². The van der Waals surface area contributed by atoms with Gasteiger partial charge in [-0.15, -0.1) is 0 Å². The van der Waals surface area contributed by atoms with Gasteiger partial charge in [0.05, 0.1) is 24.5 Å². The zero-order chi connectivity index (χ0) is 12.5. The molecule has 7 heteroatoms. The highest BCUT2D eigenvalue weighted by Crippen LogP contribution is 2.32. The third kappa shape index (κ3) is 2.60. The third-order valence-electron chi connectivity index (χ3n) is 2.53. The van der Waals surface area contributed by atoms with E-state index in [0.29, 0.717) is 32.1 Å². The second kappa shape index (κ2) is 4.40. The number of hydrogen-bond donors (Lipinski definition) is 1. The number of nitrogens with two attached hydrogens (primary N) is 1. The van der Waals surface area contributed by atoms with Gasteiger partial charge < -0.3 is 15.4 Å². The smallest absolute Gasteiger partial charge is 0.396 e. The van der Waals surface area contributed by atoms with E-state index >= 15 is 0 Å². The Morgan fingerprint density at radius 2 is 1.94 bits per heavy atom. The van der Waals surface area contributed by atoms with E-state index in [2.05, 4.69) is 4.98 Å². The highest BCUT2D eigenvalue weighted by Gasteiger charge is 2.32. The van der Waals surface area contributed by atoms with E-state index in [4.69, 9.17) is 10.5 Å². The first-order valence-electron chi connectivity index (χ1n) is 5.14. The van der Waals surface area contributed by atoms with Crippen LogP contribution >= 0.6 is 0 Å². The van der Waals surface area contributed by atoms with Gasteiger partial charge in [0.1, 0.15) is 0 Å². The molecule has 0 spiro atoms. The van der Waals surface area contributed by atoms with Crippen molar-refractivity contribution in [3.05, 3.63) is 17.8 Å². The van der Waals surface area contributed by atoms with Gasteiger partial charge in [-0.25, -0.2) is 4.98 Å². The fourth-order valence-electron chi connectivity index (χ4n) is 1.67. The summed E-state index contributed by atoms with van der Waals surface area (Å²) in [5, 5.41) is 0. The standard InChI is InChI=1S/C10H12F3N3O/c11-10(12,13)7-5-8(14)9(15-6-7)16-1-3-17-4-2-16/h5-6H,1-4,14H2. The van der Waals surface area contributed by atoms with Crippen molar-refractivity contribution in [2.45, 2.75) is 6.18 Å². The number of alkyl halides is 3. The van der Waals surface area contributed by atoms with Crippen molar-refractivity contribution in [3.8, 4) is 0 Å². The van der Waals surface area contributed by atoms with Gasteiger partial charge in [0.25, 0.3) is 0 Å². The van der Waals surface area contributed by atoms with Crippen LogP contribution in [0.4, 0.5) is 24.7 Å². The van der Waals surface area contributed by atoms with Crippen molar-refractivity contribution in [3.63, 3.8) is 0 Å². The summed E-state index contributed by atoms with van der Waals surface area (Å²) >= 11 is 0. The van der Waals surface area contributed by atoms with E-state index in [-0.39, 0.29) is 5.69 Å². The predicted molar refractivity (Wildman–Crippen MR) is 56.7 cm³/mol. The Morgan fingerprint density at radius 3 is 2.47 bits per heavy atom. The molecule has 4 nitrogen and oxygen atoms in total. The highest BCUT2D eigenvalue weighted by molar-refractivity contribution is 5.63. The largest absolute Gasteiger partial charge is 0.417 e. The maximum Gasteiger partial charge on any atom is 0.417 e. The molecule has 0 radical (unpaired) electrons. The number of hydrogen-bond acceptors (Lipinski definition) is 4. The Hall–Kier alpha value is -1.50. The van der Waals surface area contributed by atoms with E-state index in [1.54, 1.807) is 0 Å². The van der Waals surface area contributed by atoms with Crippen molar-refractivity contribution >= 4 is 11.5 Å².